The number of alkyl halides is 3. The number of carbonyl (C=O) groups excluding carboxylic acids is 1. The normalized spacial score (nSPS) is 15.4. The second-order valence-corrected chi connectivity index (χ2v) is 3.50. The van der Waals surface area contributed by atoms with E-state index in [9.17, 15) is 18.0 Å². The first kappa shape index (κ1) is 13.5. The zero-order valence-electron chi connectivity index (χ0n) is 8.61. The van der Waals surface area contributed by atoms with Crippen LogP contribution in [0.15, 0.2) is 24.3 Å². The number of rotatable bonds is 3. The number of aliphatic hydroxyl groups excluding tert-OH is 1. The minimum Gasteiger partial charge on any atom is -0.382 e. The lowest BCUT2D eigenvalue weighted by Gasteiger charge is -2.21. The quantitative estimate of drug-likeness (QED) is 0.735. The van der Waals surface area contributed by atoms with Crippen molar-refractivity contribution in [2.75, 3.05) is 0 Å². The maximum absolute atomic E-state index is 12.2. The van der Waals surface area contributed by atoms with Crippen molar-refractivity contribution < 1.29 is 23.1 Å². The van der Waals surface area contributed by atoms with Crippen LogP contribution in [0.2, 0.25) is 0 Å². The number of primary amides is 1. The van der Waals surface area contributed by atoms with Gasteiger partial charge in [-0.05, 0) is 17.7 Å². The van der Waals surface area contributed by atoms with Crippen LogP contribution in [0.4, 0.5) is 13.2 Å². The van der Waals surface area contributed by atoms with Crippen molar-refractivity contribution in [3.63, 3.8) is 0 Å². The summed E-state index contributed by atoms with van der Waals surface area (Å²) in [5.41, 5.74) is 10.5. The Morgan fingerprint density at radius 1 is 1.24 bits per heavy atom. The topological polar surface area (TPSA) is 89.3 Å². The van der Waals surface area contributed by atoms with Crippen LogP contribution in [0.3, 0.4) is 0 Å². The third-order valence-corrected chi connectivity index (χ3v) is 2.26. The van der Waals surface area contributed by atoms with E-state index in [0.29, 0.717) is 0 Å². The predicted molar refractivity (Wildman–Crippen MR) is 54.0 cm³/mol. The van der Waals surface area contributed by atoms with Crippen molar-refractivity contribution in [2.45, 2.75) is 18.3 Å². The molecule has 17 heavy (non-hydrogen) atoms. The Morgan fingerprint density at radius 3 is 2.06 bits per heavy atom. The highest BCUT2D eigenvalue weighted by Gasteiger charge is 2.42. The summed E-state index contributed by atoms with van der Waals surface area (Å²) in [4.78, 5) is 10.7. The van der Waals surface area contributed by atoms with Crippen molar-refractivity contribution in [1.82, 2.24) is 0 Å². The summed E-state index contributed by atoms with van der Waals surface area (Å²) in [6, 6.07) is 3.35. The summed E-state index contributed by atoms with van der Waals surface area (Å²) in [6.07, 6.45) is -7.44. The SMILES string of the molecule is NC(=O)c1ccc([C@H](N)C(O)C(F)(F)F)cc1. The number of hydrogen-bond donors (Lipinski definition) is 3. The van der Waals surface area contributed by atoms with E-state index in [1.807, 2.05) is 0 Å². The van der Waals surface area contributed by atoms with Gasteiger partial charge in [-0.2, -0.15) is 13.2 Å². The molecule has 1 rings (SSSR count). The number of amides is 1. The Hall–Kier alpha value is -1.60. The minimum atomic E-state index is -4.79. The van der Waals surface area contributed by atoms with Gasteiger partial charge in [-0.1, -0.05) is 12.1 Å². The van der Waals surface area contributed by atoms with E-state index in [1.54, 1.807) is 0 Å². The van der Waals surface area contributed by atoms with Gasteiger partial charge in [0.1, 0.15) is 0 Å². The van der Waals surface area contributed by atoms with Gasteiger partial charge in [-0.15, -0.1) is 0 Å². The van der Waals surface area contributed by atoms with Gasteiger partial charge in [-0.3, -0.25) is 4.79 Å². The van der Waals surface area contributed by atoms with E-state index in [4.69, 9.17) is 16.6 Å². The monoisotopic (exact) mass is 248 g/mol. The zero-order chi connectivity index (χ0) is 13.2. The van der Waals surface area contributed by atoms with Gasteiger partial charge >= 0.3 is 6.18 Å². The van der Waals surface area contributed by atoms with E-state index >= 15 is 0 Å². The van der Waals surface area contributed by atoms with Crippen LogP contribution in [0.1, 0.15) is 22.0 Å². The molecule has 0 saturated heterocycles. The smallest absolute Gasteiger partial charge is 0.382 e. The standard InChI is InChI=1S/C10H11F3N2O2/c11-10(12,13)8(16)7(14)5-1-3-6(4-2-5)9(15)17/h1-4,7-8,16H,14H2,(H2,15,17)/t7-,8?/m0/s1. The molecule has 0 fully saturated rings. The molecule has 1 amide bonds. The molecule has 7 heteroatoms. The third kappa shape index (κ3) is 3.18. The molecule has 0 radical (unpaired) electrons. The van der Waals surface area contributed by atoms with E-state index < -0.39 is 24.2 Å². The lowest BCUT2D eigenvalue weighted by Crippen LogP contribution is -2.38. The highest BCUT2D eigenvalue weighted by molar-refractivity contribution is 5.92. The average molecular weight is 248 g/mol. The summed E-state index contributed by atoms with van der Waals surface area (Å²) in [7, 11) is 0. The fraction of sp³-hybridized carbons (Fsp3) is 0.300. The largest absolute Gasteiger partial charge is 0.416 e. The van der Waals surface area contributed by atoms with Gasteiger partial charge in [0.2, 0.25) is 5.91 Å². The average Bonchev–Trinajstić information content (AvgIpc) is 2.26. The molecule has 0 saturated carbocycles. The molecule has 0 heterocycles. The molecule has 4 nitrogen and oxygen atoms in total. The van der Waals surface area contributed by atoms with Crippen LogP contribution in [0.5, 0.6) is 0 Å². The maximum atomic E-state index is 12.2. The Balaban J connectivity index is 2.90. The van der Waals surface area contributed by atoms with Gasteiger partial charge in [0.05, 0.1) is 6.04 Å². The van der Waals surface area contributed by atoms with Crippen LogP contribution >= 0.6 is 0 Å². The number of aliphatic hydroxyl groups is 1. The molecule has 5 N–H and O–H groups in total. The number of carbonyl (C=O) groups is 1. The van der Waals surface area contributed by atoms with Crippen LogP contribution in [-0.2, 0) is 0 Å². The first-order chi connectivity index (χ1) is 7.73. The van der Waals surface area contributed by atoms with Crippen LogP contribution < -0.4 is 11.5 Å². The van der Waals surface area contributed by atoms with E-state index in [0.717, 1.165) is 0 Å². The Labute approximate surface area is 95.0 Å². The van der Waals surface area contributed by atoms with Crippen molar-refractivity contribution >= 4 is 5.91 Å². The second kappa shape index (κ2) is 4.72. The lowest BCUT2D eigenvalue weighted by atomic mass is 10.0. The highest BCUT2D eigenvalue weighted by Crippen LogP contribution is 2.28. The maximum Gasteiger partial charge on any atom is 0.416 e. The Bertz CT molecular complexity index is 403. The number of hydrogen-bond acceptors (Lipinski definition) is 3. The molecule has 0 bridgehead atoms. The van der Waals surface area contributed by atoms with Crippen molar-refractivity contribution in [1.29, 1.82) is 0 Å². The van der Waals surface area contributed by atoms with Gasteiger partial charge in [0.25, 0.3) is 0 Å². The molecule has 0 aliphatic rings. The molecular weight excluding hydrogens is 237 g/mol. The molecule has 0 aliphatic carbocycles. The highest BCUT2D eigenvalue weighted by atomic mass is 19.4. The fourth-order valence-electron chi connectivity index (χ4n) is 1.26. The molecule has 1 aromatic carbocycles. The third-order valence-electron chi connectivity index (χ3n) is 2.26. The summed E-state index contributed by atoms with van der Waals surface area (Å²) in [5.74, 6) is -0.693. The molecule has 0 aromatic heterocycles. The number of benzene rings is 1. The molecular formula is C10H11F3N2O2. The zero-order valence-corrected chi connectivity index (χ0v) is 8.61. The van der Waals surface area contributed by atoms with Crippen LogP contribution in [-0.4, -0.2) is 23.3 Å². The van der Waals surface area contributed by atoms with Crippen LogP contribution in [0.25, 0.3) is 0 Å². The van der Waals surface area contributed by atoms with Crippen molar-refractivity contribution in [3.8, 4) is 0 Å². The van der Waals surface area contributed by atoms with Crippen molar-refractivity contribution in [3.05, 3.63) is 35.4 Å². The van der Waals surface area contributed by atoms with Gasteiger partial charge in [-0.25, -0.2) is 0 Å². The molecule has 1 unspecified atom stereocenters. The molecule has 94 valence electrons. The first-order valence-corrected chi connectivity index (χ1v) is 4.63. The first-order valence-electron chi connectivity index (χ1n) is 4.63. The summed E-state index contributed by atoms with van der Waals surface area (Å²) >= 11 is 0. The van der Waals surface area contributed by atoms with E-state index in [-0.39, 0.29) is 11.1 Å². The summed E-state index contributed by atoms with van der Waals surface area (Å²) < 4.78 is 36.6. The second-order valence-electron chi connectivity index (χ2n) is 3.50. The van der Waals surface area contributed by atoms with Crippen LogP contribution in [0, 0.1) is 0 Å². The molecule has 0 spiro atoms. The fourth-order valence-corrected chi connectivity index (χ4v) is 1.26. The van der Waals surface area contributed by atoms with Gasteiger partial charge in [0, 0.05) is 5.56 Å². The Kier molecular flexibility index (Phi) is 3.74. The number of nitrogens with two attached hydrogens (primary N) is 2. The summed E-state index contributed by atoms with van der Waals surface area (Å²) in [6.45, 7) is 0. The van der Waals surface area contributed by atoms with E-state index in [2.05, 4.69) is 0 Å². The number of halogens is 3. The molecule has 1 aromatic rings. The molecule has 2 atom stereocenters. The summed E-state index contributed by atoms with van der Waals surface area (Å²) in [5, 5.41) is 8.94. The predicted octanol–water partition coefficient (Wildman–Crippen LogP) is 0.709. The Morgan fingerprint density at radius 2 is 1.71 bits per heavy atom. The van der Waals surface area contributed by atoms with Gasteiger partial charge in [0.15, 0.2) is 6.10 Å². The minimum absolute atomic E-state index is 0.0693. The molecule has 0 aliphatic heterocycles. The lowest BCUT2D eigenvalue weighted by molar-refractivity contribution is -0.210. The van der Waals surface area contributed by atoms with Gasteiger partial charge < -0.3 is 16.6 Å². The van der Waals surface area contributed by atoms with E-state index in [1.165, 1.54) is 24.3 Å². The van der Waals surface area contributed by atoms with Crippen molar-refractivity contribution in [2.24, 2.45) is 11.5 Å².